The molecule has 15 heavy (non-hydrogen) atoms. The van der Waals surface area contributed by atoms with Crippen LogP contribution in [0.5, 0.6) is 0 Å². The summed E-state index contributed by atoms with van der Waals surface area (Å²) in [4.78, 5) is 0. The molecule has 0 bridgehead atoms. The molecule has 0 aromatic rings. The van der Waals surface area contributed by atoms with Gasteiger partial charge in [-0.2, -0.15) is 0 Å². The predicted molar refractivity (Wildman–Crippen MR) is 58.6 cm³/mol. The Balaban J connectivity index is 3.51. The fourth-order valence-corrected chi connectivity index (χ4v) is 1.19. The lowest BCUT2D eigenvalue weighted by Crippen LogP contribution is -2.12. The summed E-state index contributed by atoms with van der Waals surface area (Å²) in [5, 5.41) is 0. The number of methoxy groups -OCH3 is 4. The van der Waals surface area contributed by atoms with Crippen LogP contribution in [-0.4, -0.2) is 41.0 Å². The maximum atomic E-state index is 5.07. The zero-order chi connectivity index (χ0) is 11.5. The zero-order valence-corrected chi connectivity index (χ0v) is 10.1. The average molecular weight is 218 g/mol. The molecule has 0 fully saturated rings. The molecule has 0 spiro atoms. The highest BCUT2D eigenvalue weighted by Crippen LogP contribution is 2.06. The number of unbranched alkanes of at least 4 members (excludes halogenated alkanes) is 1. The fraction of sp³-hybridized carbons (Fsp3) is 0.818. The van der Waals surface area contributed by atoms with Crippen LogP contribution in [0.2, 0.25) is 0 Å². The molecule has 0 rings (SSSR count). The second kappa shape index (κ2) is 10.1. The van der Waals surface area contributed by atoms with E-state index in [2.05, 4.69) is 0 Å². The van der Waals surface area contributed by atoms with Crippen LogP contribution in [0.3, 0.4) is 0 Å². The van der Waals surface area contributed by atoms with Crippen molar-refractivity contribution in [1.82, 2.24) is 0 Å². The summed E-state index contributed by atoms with van der Waals surface area (Å²) in [7, 11) is 6.53. The van der Waals surface area contributed by atoms with Crippen molar-refractivity contribution in [3.05, 3.63) is 12.2 Å². The molecule has 0 saturated carbocycles. The van der Waals surface area contributed by atoms with E-state index in [4.69, 9.17) is 18.9 Å². The van der Waals surface area contributed by atoms with Gasteiger partial charge in [0.25, 0.3) is 0 Å². The van der Waals surface area contributed by atoms with Crippen molar-refractivity contribution in [3.63, 3.8) is 0 Å². The quantitative estimate of drug-likeness (QED) is 0.337. The smallest absolute Gasteiger partial charge is 0.176 e. The molecule has 0 aliphatic rings. The molecule has 4 nitrogen and oxygen atoms in total. The second-order valence-electron chi connectivity index (χ2n) is 3.10. The van der Waals surface area contributed by atoms with Gasteiger partial charge in [-0.25, -0.2) is 0 Å². The van der Waals surface area contributed by atoms with Crippen LogP contribution in [-0.2, 0) is 18.9 Å². The maximum Gasteiger partial charge on any atom is 0.176 e. The molecule has 0 unspecified atom stereocenters. The Bertz CT molecular complexity index is 151. The summed E-state index contributed by atoms with van der Waals surface area (Å²) in [6.45, 7) is 0. The Morgan fingerprint density at radius 2 is 1.53 bits per heavy atom. The van der Waals surface area contributed by atoms with Crippen molar-refractivity contribution in [1.29, 1.82) is 0 Å². The third-order valence-electron chi connectivity index (χ3n) is 2.09. The van der Waals surface area contributed by atoms with E-state index in [1.54, 1.807) is 28.4 Å². The van der Waals surface area contributed by atoms with E-state index >= 15 is 0 Å². The molecule has 0 aromatic heterocycles. The van der Waals surface area contributed by atoms with Crippen molar-refractivity contribution < 1.29 is 18.9 Å². The molecular weight excluding hydrogens is 196 g/mol. The average Bonchev–Trinajstić information content (AvgIpc) is 2.29. The lowest BCUT2D eigenvalue weighted by Gasteiger charge is -2.12. The lowest BCUT2D eigenvalue weighted by atomic mass is 10.2. The van der Waals surface area contributed by atoms with Gasteiger partial charge in [0, 0.05) is 28.4 Å². The highest BCUT2D eigenvalue weighted by Gasteiger charge is 2.03. The third kappa shape index (κ3) is 7.50. The van der Waals surface area contributed by atoms with Gasteiger partial charge < -0.3 is 18.9 Å². The van der Waals surface area contributed by atoms with Gasteiger partial charge in [-0.1, -0.05) is 6.08 Å². The van der Waals surface area contributed by atoms with Gasteiger partial charge in [-0.05, 0) is 25.3 Å². The topological polar surface area (TPSA) is 36.9 Å². The molecule has 0 radical (unpaired) electrons. The summed E-state index contributed by atoms with van der Waals surface area (Å²) in [5.41, 5.74) is 0. The van der Waals surface area contributed by atoms with Crippen molar-refractivity contribution >= 4 is 0 Å². The lowest BCUT2D eigenvalue weighted by molar-refractivity contribution is -0.106. The molecular formula is C11H22O4. The highest BCUT2D eigenvalue weighted by molar-refractivity contribution is 4.84. The Kier molecular flexibility index (Phi) is 9.83. The highest BCUT2D eigenvalue weighted by atomic mass is 16.7. The molecule has 0 aromatic carbocycles. The van der Waals surface area contributed by atoms with Gasteiger partial charge in [0.05, 0.1) is 0 Å². The molecule has 4 heteroatoms. The van der Waals surface area contributed by atoms with Gasteiger partial charge in [-0.3, -0.25) is 0 Å². The fourth-order valence-electron chi connectivity index (χ4n) is 1.19. The van der Waals surface area contributed by atoms with Crippen LogP contribution < -0.4 is 0 Å². The molecule has 0 heterocycles. The Morgan fingerprint density at radius 3 is 2.00 bits per heavy atom. The zero-order valence-electron chi connectivity index (χ0n) is 10.1. The van der Waals surface area contributed by atoms with Gasteiger partial charge in [-0.15, -0.1) is 0 Å². The minimum Gasteiger partial charge on any atom is -0.356 e. The number of hydrogen-bond donors (Lipinski definition) is 0. The Hall–Kier alpha value is -0.420. The summed E-state index contributed by atoms with van der Waals surface area (Å²) < 4.78 is 20.2. The van der Waals surface area contributed by atoms with E-state index in [9.17, 15) is 0 Å². The number of allylic oxidation sites excluding steroid dienone is 1. The van der Waals surface area contributed by atoms with E-state index in [0.717, 1.165) is 19.3 Å². The first-order valence-corrected chi connectivity index (χ1v) is 5.06. The third-order valence-corrected chi connectivity index (χ3v) is 2.09. The Morgan fingerprint density at radius 1 is 0.933 bits per heavy atom. The van der Waals surface area contributed by atoms with E-state index in [1.807, 2.05) is 12.2 Å². The summed E-state index contributed by atoms with van der Waals surface area (Å²) in [6, 6.07) is 0. The first-order valence-electron chi connectivity index (χ1n) is 5.06. The number of rotatable bonds is 9. The molecule has 0 aliphatic carbocycles. The van der Waals surface area contributed by atoms with Gasteiger partial charge in [0.1, 0.15) is 0 Å². The normalized spacial score (nSPS) is 12.1. The van der Waals surface area contributed by atoms with Gasteiger partial charge in [0.15, 0.2) is 12.6 Å². The van der Waals surface area contributed by atoms with E-state index in [0.29, 0.717) is 0 Å². The second-order valence-corrected chi connectivity index (χ2v) is 3.10. The van der Waals surface area contributed by atoms with Gasteiger partial charge >= 0.3 is 0 Å². The van der Waals surface area contributed by atoms with E-state index < -0.39 is 0 Å². The van der Waals surface area contributed by atoms with Crippen LogP contribution in [0.1, 0.15) is 19.3 Å². The first kappa shape index (κ1) is 14.6. The molecule has 0 saturated heterocycles. The van der Waals surface area contributed by atoms with E-state index in [1.165, 1.54) is 0 Å². The molecule has 0 atom stereocenters. The van der Waals surface area contributed by atoms with Crippen molar-refractivity contribution in [3.8, 4) is 0 Å². The molecule has 90 valence electrons. The predicted octanol–water partition coefficient (Wildman–Crippen LogP) is 1.95. The minimum atomic E-state index is -0.245. The molecule has 0 amide bonds. The van der Waals surface area contributed by atoms with Crippen LogP contribution >= 0.6 is 0 Å². The van der Waals surface area contributed by atoms with Crippen LogP contribution in [0.15, 0.2) is 12.2 Å². The first-order chi connectivity index (χ1) is 7.28. The summed E-state index contributed by atoms with van der Waals surface area (Å²) in [6.07, 6.45) is 6.47. The van der Waals surface area contributed by atoms with Crippen LogP contribution in [0.4, 0.5) is 0 Å². The largest absolute Gasteiger partial charge is 0.356 e. The number of hydrogen-bond acceptors (Lipinski definition) is 4. The summed E-state index contributed by atoms with van der Waals surface area (Å²) in [5.74, 6) is 0. The van der Waals surface area contributed by atoms with E-state index in [-0.39, 0.29) is 12.6 Å². The van der Waals surface area contributed by atoms with Crippen molar-refractivity contribution in [2.24, 2.45) is 0 Å². The minimum absolute atomic E-state index is 0.0981. The van der Waals surface area contributed by atoms with Crippen LogP contribution in [0, 0.1) is 0 Å². The maximum absolute atomic E-state index is 5.07. The van der Waals surface area contributed by atoms with Crippen molar-refractivity contribution in [2.45, 2.75) is 31.8 Å². The Labute approximate surface area is 92.2 Å². The molecule has 0 aliphatic heterocycles. The molecule has 0 N–H and O–H groups in total. The monoisotopic (exact) mass is 218 g/mol. The van der Waals surface area contributed by atoms with Crippen LogP contribution in [0.25, 0.3) is 0 Å². The number of ether oxygens (including phenoxy) is 4. The van der Waals surface area contributed by atoms with Crippen molar-refractivity contribution in [2.75, 3.05) is 28.4 Å². The summed E-state index contributed by atoms with van der Waals surface area (Å²) >= 11 is 0. The van der Waals surface area contributed by atoms with Gasteiger partial charge in [0.2, 0.25) is 0 Å². The standard InChI is InChI=1S/C11H22O4/c1-12-10(13-2)8-6-5-7-9-11(14-3)15-4/h6,8,10-11H,5,7,9H2,1-4H3/b8-6+. The SMILES string of the molecule is COC(/C=C/CCCC(OC)OC)OC.